The number of alkyl halides is 3. The van der Waals surface area contributed by atoms with Gasteiger partial charge in [0, 0.05) is 18.7 Å². The van der Waals surface area contributed by atoms with Gasteiger partial charge in [-0.1, -0.05) is 19.1 Å². The van der Waals surface area contributed by atoms with Crippen molar-refractivity contribution in [2.24, 2.45) is 5.92 Å². The SMILES string of the molecule is CC1CCN(C(=O)Cn2nnc(-c3cccc(C(F)(F)F)c3)n2)CC1. The van der Waals surface area contributed by atoms with Gasteiger partial charge in [-0.25, -0.2) is 0 Å². The average Bonchev–Trinajstić information content (AvgIpc) is 3.03. The fourth-order valence-electron chi connectivity index (χ4n) is 2.74. The highest BCUT2D eigenvalue weighted by atomic mass is 19.4. The van der Waals surface area contributed by atoms with Crippen LogP contribution < -0.4 is 0 Å². The number of halogens is 3. The van der Waals surface area contributed by atoms with E-state index in [4.69, 9.17) is 0 Å². The van der Waals surface area contributed by atoms with Gasteiger partial charge in [-0.15, -0.1) is 10.2 Å². The Labute approximate surface area is 142 Å². The van der Waals surface area contributed by atoms with Gasteiger partial charge in [-0.05, 0) is 36.1 Å². The molecule has 1 aromatic heterocycles. The van der Waals surface area contributed by atoms with E-state index >= 15 is 0 Å². The molecule has 0 spiro atoms. The first kappa shape index (κ1) is 17.4. The van der Waals surface area contributed by atoms with Crippen molar-refractivity contribution in [2.45, 2.75) is 32.5 Å². The summed E-state index contributed by atoms with van der Waals surface area (Å²) in [7, 11) is 0. The Morgan fingerprint density at radius 2 is 2.00 bits per heavy atom. The monoisotopic (exact) mass is 353 g/mol. The molecule has 1 saturated heterocycles. The summed E-state index contributed by atoms with van der Waals surface area (Å²) in [5.41, 5.74) is -0.569. The number of amides is 1. The summed E-state index contributed by atoms with van der Waals surface area (Å²) >= 11 is 0. The minimum absolute atomic E-state index is 0.0613. The molecule has 2 aromatic rings. The van der Waals surface area contributed by atoms with Gasteiger partial charge in [0.1, 0.15) is 6.54 Å². The highest BCUT2D eigenvalue weighted by Gasteiger charge is 2.30. The number of hydrogen-bond donors (Lipinski definition) is 0. The summed E-state index contributed by atoms with van der Waals surface area (Å²) in [4.78, 5) is 15.1. The minimum atomic E-state index is -4.44. The number of rotatable bonds is 3. The Balaban J connectivity index is 1.69. The van der Waals surface area contributed by atoms with Crippen LogP contribution in [0.1, 0.15) is 25.3 Å². The van der Waals surface area contributed by atoms with Crippen LogP contribution in [0.25, 0.3) is 11.4 Å². The van der Waals surface area contributed by atoms with Crippen molar-refractivity contribution in [3.63, 3.8) is 0 Å². The van der Waals surface area contributed by atoms with Crippen molar-refractivity contribution in [3.05, 3.63) is 29.8 Å². The van der Waals surface area contributed by atoms with Crippen molar-refractivity contribution in [3.8, 4) is 11.4 Å². The van der Waals surface area contributed by atoms with Gasteiger partial charge in [0.25, 0.3) is 0 Å². The van der Waals surface area contributed by atoms with E-state index in [1.165, 1.54) is 12.1 Å². The largest absolute Gasteiger partial charge is 0.416 e. The highest BCUT2D eigenvalue weighted by molar-refractivity contribution is 5.75. The Hall–Kier alpha value is -2.45. The third kappa shape index (κ3) is 4.15. The van der Waals surface area contributed by atoms with E-state index in [1.807, 2.05) is 0 Å². The maximum absolute atomic E-state index is 12.8. The van der Waals surface area contributed by atoms with Gasteiger partial charge < -0.3 is 4.90 Å². The zero-order chi connectivity index (χ0) is 18.0. The second-order valence-corrected chi connectivity index (χ2v) is 6.29. The molecule has 1 amide bonds. The summed E-state index contributed by atoms with van der Waals surface area (Å²) in [5.74, 6) is 0.562. The molecule has 6 nitrogen and oxygen atoms in total. The van der Waals surface area contributed by atoms with Crippen LogP contribution in [0, 0.1) is 5.92 Å². The zero-order valence-electron chi connectivity index (χ0n) is 13.7. The minimum Gasteiger partial charge on any atom is -0.341 e. The van der Waals surface area contributed by atoms with Gasteiger partial charge in [-0.3, -0.25) is 4.79 Å². The van der Waals surface area contributed by atoms with Crippen LogP contribution >= 0.6 is 0 Å². The summed E-state index contributed by atoms with van der Waals surface area (Å²) in [5, 5.41) is 11.6. The quantitative estimate of drug-likeness (QED) is 0.851. The molecule has 1 aliphatic heterocycles. The van der Waals surface area contributed by atoms with E-state index < -0.39 is 11.7 Å². The molecule has 2 heterocycles. The second kappa shape index (κ2) is 6.81. The molecular weight excluding hydrogens is 335 g/mol. The number of carbonyl (C=O) groups is 1. The van der Waals surface area contributed by atoms with Crippen LogP contribution in [0.2, 0.25) is 0 Å². The fraction of sp³-hybridized carbons (Fsp3) is 0.500. The Kier molecular flexibility index (Phi) is 4.73. The normalized spacial score (nSPS) is 16.2. The van der Waals surface area contributed by atoms with Crippen LogP contribution in [0.5, 0.6) is 0 Å². The lowest BCUT2D eigenvalue weighted by molar-refractivity contribution is -0.137. The second-order valence-electron chi connectivity index (χ2n) is 6.29. The molecule has 25 heavy (non-hydrogen) atoms. The van der Waals surface area contributed by atoms with E-state index in [1.54, 1.807) is 4.90 Å². The van der Waals surface area contributed by atoms with Crippen LogP contribution in [0.3, 0.4) is 0 Å². The maximum Gasteiger partial charge on any atom is 0.416 e. The third-order valence-corrected chi connectivity index (χ3v) is 4.31. The predicted octanol–water partition coefficient (Wildman–Crippen LogP) is 2.62. The molecule has 0 aliphatic carbocycles. The number of hydrogen-bond acceptors (Lipinski definition) is 4. The Morgan fingerprint density at radius 1 is 1.28 bits per heavy atom. The Morgan fingerprint density at radius 3 is 2.68 bits per heavy atom. The number of benzene rings is 1. The van der Waals surface area contributed by atoms with Gasteiger partial charge in [0.2, 0.25) is 11.7 Å². The average molecular weight is 353 g/mol. The predicted molar refractivity (Wildman–Crippen MR) is 83.2 cm³/mol. The molecule has 1 aliphatic rings. The molecule has 134 valence electrons. The molecule has 0 atom stereocenters. The van der Waals surface area contributed by atoms with E-state index in [0.717, 1.165) is 29.8 Å². The Bertz CT molecular complexity index is 750. The molecule has 3 rings (SSSR count). The molecule has 0 saturated carbocycles. The van der Waals surface area contributed by atoms with E-state index in [-0.39, 0.29) is 23.8 Å². The molecule has 1 fully saturated rings. The number of piperidine rings is 1. The molecule has 0 radical (unpaired) electrons. The van der Waals surface area contributed by atoms with Crippen LogP contribution in [-0.2, 0) is 17.5 Å². The maximum atomic E-state index is 12.8. The van der Waals surface area contributed by atoms with Crippen molar-refractivity contribution in [1.82, 2.24) is 25.1 Å². The molecule has 0 unspecified atom stereocenters. The third-order valence-electron chi connectivity index (χ3n) is 4.31. The fourth-order valence-corrected chi connectivity index (χ4v) is 2.74. The van der Waals surface area contributed by atoms with Crippen molar-refractivity contribution >= 4 is 5.91 Å². The lowest BCUT2D eigenvalue weighted by Crippen LogP contribution is -2.40. The number of nitrogens with zero attached hydrogens (tertiary/aromatic N) is 5. The summed E-state index contributed by atoms with van der Waals surface area (Å²) in [6.45, 7) is 3.49. The summed E-state index contributed by atoms with van der Waals surface area (Å²) < 4.78 is 38.3. The number of carbonyl (C=O) groups excluding carboxylic acids is 1. The smallest absolute Gasteiger partial charge is 0.341 e. The van der Waals surface area contributed by atoms with E-state index in [0.29, 0.717) is 19.0 Å². The van der Waals surface area contributed by atoms with Crippen molar-refractivity contribution < 1.29 is 18.0 Å². The van der Waals surface area contributed by atoms with E-state index in [9.17, 15) is 18.0 Å². The molecular formula is C16H18F3N5O. The summed E-state index contributed by atoms with van der Waals surface area (Å²) in [6, 6.07) is 4.72. The zero-order valence-corrected chi connectivity index (χ0v) is 13.7. The number of aromatic nitrogens is 4. The number of likely N-dealkylation sites (tertiary alicyclic amines) is 1. The first-order valence-corrected chi connectivity index (χ1v) is 8.06. The van der Waals surface area contributed by atoms with Crippen LogP contribution in [0.4, 0.5) is 13.2 Å². The lowest BCUT2D eigenvalue weighted by Gasteiger charge is -2.30. The first-order valence-electron chi connectivity index (χ1n) is 8.06. The van der Waals surface area contributed by atoms with Gasteiger partial charge in [-0.2, -0.15) is 18.0 Å². The van der Waals surface area contributed by atoms with Gasteiger partial charge >= 0.3 is 6.18 Å². The summed E-state index contributed by atoms with van der Waals surface area (Å²) in [6.07, 6.45) is -2.51. The molecule has 9 heteroatoms. The van der Waals surface area contributed by atoms with Gasteiger partial charge in [0.15, 0.2) is 0 Å². The first-order chi connectivity index (χ1) is 11.8. The highest BCUT2D eigenvalue weighted by Crippen LogP contribution is 2.31. The topological polar surface area (TPSA) is 63.9 Å². The molecule has 1 aromatic carbocycles. The van der Waals surface area contributed by atoms with Crippen molar-refractivity contribution in [1.29, 1.82) is 0 Å². The number of tetrazole rings is 1. The van der Waals surface area contributed by atoms with Crippen LogP contribution in [0.15, 0.2) is 24.3 Å². The molecule has 0 bridgehead atoms. The van der Waals surface area contributed by atoms with Gasteiger partial charge in [0.05, 0.1) is 5.56 Å². The lowest BCUT2D eigenvalue weighted by atomic mass is 9.99. The standard InChI is InChI=1S/C16H18F3N5O/c1-11-5-7-23(8-6-11)14(25)10-24-21-15(20-22-24)12-3-2-4-13(9-12)16(17,18)19/h2-4,9,11H,5-8,10H2,1H3. The van der Waals surface area contributed by atoms with E-state index in [2.05, 4.69) is 22.3 Å². The van der Waals surface area contributed by atoms with Crippen LogP contribution in [-0.4, -0.2) is 44.1 Å². The molecule has 0 N–H and O–H groups in total. The van der Waals surface area contributed by atoms with Crippen molar-refractivity contribution in [2.75, 3.05) is 13.1 Å².